The number of aromatic nitrogens is 2. The summed E-state index contributed by atoms with van der Waals surface area (Å²) in [6.07, 6.45) is 3.30. The van der Waals surface area contributed by atoms with Crippen LogP contribution < -0.4 is 14.8 Å². The predicted molar refractivity (Wildman–Crippen MR) is 119 cm³/mol. The zero-order valence-electron chi connectivity index (χ0n) is 17.0. The molecular formula is C22H23N3O3S2. The van der Waals surface area contributed by atoms with Crippen molar-refractivity contribution in [3.05, 3.63) is 66.5 Å². The number of nitrogens with one attached hydrogen (secondary N) is 1. The molecule has 1 aromatic heterocycles. The summed E-state index contributed by atoms with van der Waals surface area (Å²) in [5.74, 6) is 1.55. The van der Waals surface area contributed by atoms with Crippen LogP contribution in [-0.4, -0.2) is 35.8 Å². The van der Waals surface area contributed by atoms with Gasteiger partial charge in [-0.25, -0.2) is 9.97 Å². The van der Waals surface area contributed by atoms with Gasteiger partial charge in [0.1, 0.15) is 21.6 Å². The normalized spacial score (nSPS) is 11.6. The molecule has 0 aliphatic rings. The minimum atomic E-state index is -0.233. The van der Waals surface area contributed by atoms with Crippen LogP contribution in [0.4, 0.5) is 0 Å². The molecule has 8 heteroatoms. The van der Waals surface area contributed by atoms with Gasteiger partial charge < -0.3 is 14.8 Å². The van der Waals surface area contributed by atoms with Crippen molar-refractivity contribution in [2.75, 3.05) is 20.0 Å². The predicted octanol–water partition coefficient (Wildman–Crippen LogP) is 4.61. The van der Waals surface area contributed by atoms with Gasteiger partial charge in [0.25, 0.3) is 0 Å². The molecule has 1 atom stereocenters. The Hall–Kier alpha value is -2.71. The molecule has 0 spiro atoms. The molecule has 1 amide bonds. The Morgan fingerprint density at radius 3 is 2.47 bits per heavy atom. The van der Waals surface area contributed by atoms with Crippen LogP contribution in [0.15, 0.2) is 75.9 Å². The summed E-state index contributed by atoms with van der Waals surface area (Å²) in [7, 11) is 3.22. The van der Waals surface area contributed by atoms with Crippen LogP contribution in [0.2, 0.25) is 0 Å². The average Bonchev–Trinajstić information content (AvgIpc) is 2.78. The SMILES string of the molecule is COc1ccc(OC)c([C@H](C)NC(=O)CSc2nccnc2Sc2ccccc2)c1. The maximum Gasteiger partial charge on any atom is 0.230 e. The molecule has 0 saturated heterocycles. The minimum absolute atomic E-state index is 0.0984. The number of nitrogens with zero attached hydrogens (tertiary/aromatic N) is 2. The molecule has 0 saturated carbocycles. The van der Waals surface area contributed by atoms with Crippen molar-refractivity contribution in [3.63, 3.8) is 0 Å². The lowest BCUT2D eigenvalue weighted by molar-refractivity contribution is -0.119. The summed E-state index contributed by atoms with van der Waals surface area (Å²) in [5.41, 5.74) is 0.857. The quantitative estimate of drug-likeness (QED) is 0.486. The van der Waals surface area contributed by atoms with Gasteiger partial charge in [-0.2, -0.15) is 0 Å². The maximum atomic E-state index is 12.6. The lowest BCUT2D eigenvalue weighted by Gasteiger charge is -2.18. The van der Waals surface area contributed by atoms with Crippen LogP contribution in [0.1, 0.15) is 18.5 Å². The molecule has 30 heavy (non-hydrogen) atoms. The van der Waals surface area contributed by atoms with Crippen LogP contribution in [0.5, 0.6) is 11.5 Å². The molecule has 156 valence electrons. The van der Waals surface area contributed by atoms with Crippen molar-refractivity contribution < 1.29 is 14.3 Å². The number of carbonyl (C=O) groups excluding carboxylic acids is 1. The van der Waals surface area contributed by atoms with E-state index in [0.717, 1.165) is 20.5 Å². The highest BCUT2D eigenvalue weighted by Crippen LogP contribution is 2.33. The van der Waals surface area contributed by atoms with Gasteiger partial charge in [0.2, 0.25) is 5.91 Å². The summed E-state index contributed by atoms with van der Waals surface area (Å²) in [4.78, 5) is 22.5. The van der Waals surface area contributed by atoms with Crippen molar-refractivity contribution in [2.45, 2.75) is 27.9 Å². The van der Waals surface area contributed by atoms with Crippen LogP contribution in [0.25, 0.3) is 0 Å². The number of amides is 1. The Bertz CT molecular complexity index is 986. The molecular weight excluding hydrogens is 418 g/mol. The molecule has 0 unspecified atom stereocenters. The lowest BCUT2D eigenvalue weighted by atomic mass is 10.1. The number of methoxy groups -OCH3 is 2. The van der Waals surface area contributed by atoms with E-state index < -0.39 is 0 Å². The second-order valence-electron chi connectivity index (χ2n) is 6.27. The zero-order valence-corrected chi connectivity index (χ0v) is 18.6. The van der Waals surface area contributed by atoms with E-state index in [1.165, 1.54) is 23.5 Å². The van der Waals surface area contributed by atoms with Gasteiger partial charge in [-0.15, -0.1) is 0 Å². The third-order valence-electron chi connectivity index (χ3n) is 4.21. The van der Waals surface area contributed by atoms with Crippen LogP contribution >= 0.6 is 23.5 Å². The van der Waals surface area contributed by atoms with Gasteiger partial charge >= 0.3 is 0 Å². The fourth-order valence-electron chi connectivity index (χ4n) is 2.75. The monoisotopic (exact) mass is 441 g/mol. The molecule has 1 N–H and O–H groups in total. The highest BCUT2D eigenvalue weighted by molar-refractivity contribution is 8.02. The Balaban J connectivity index is 1.63. The Morgan fingerprint density at radius 2 is 1.77 bits per heavy atom. The first-order valence-corrected chi connectivity index (χ1v) is 11.1. The molecule has 3 aromatic rings. The minimum Gasteiger partial charge on any atom is -0.497 e. The van der Waals surface area contributed by atoms with E-state index >= 15 is 0 Å². The van der Waals surface area contributed by atoms with E-state index in [-0.39, 0.29) is 17.7 Å². The van der Waals surface area contributed by atoms with E-state index in [0.29, 0.717) is 11.5 Å². The number of hydrogen-bond donors (Lipinski definition) is 1. The van der Waals surface area contributed by atoms with Gasteiger partial charge in [0.05, 0.1) is 26.0 Å². The number of benzene rings is 2. The van der Waals surface area contributed by atoms with Gasteiger partial charge in [0, 0.05) is 22.9 Å². The molecule has 2 aromatic carbocycles. The van der Waals surface area contributed by atoms with E-state index in [4.69, 9.17) is 9.47 Å². The van der Waals surface area contributed by atoms with E-state index in [1.807, 2.05) is 55.5 Å². The van der Waals surface area contributed by atoms with E-state index in [9.17, 15) is 4.79 Å². The first-order valence-electron chi connectivity index (χ1n) is 9.28. The first kappa shape index (κ1) is 22.0. The summed E-state index contributed by atoms with van der Waals surface area (Å²) < 4.78 is 10.7. The summed E-state index contributed by atoms with van der Waals surface area (Å²) >= 11 is 2.90. The molecule has 0 bridgehead atoms. The number of rotatable bonds is 9. The van der Waals surface area contributed by atoms with Crippen molar-refractivity contribution >= 4 is 29.4 Å². The number of thioether (sulfide) groups is 1. The Morgan fingerprint density at radius 1 is 1.03 bits per heavy atom. The second kappa shape index (κ2) is 10.9. The Labute approximate surface area is 184 Å². The highest BCUT2D eigenvalue weighted by Gasteiger charge is 2.16. The van der Waals surface area contributed by atoms with Crippen molar-refractivity contribution in [2.24, 2.45) is 0 Å². The van der Waals surface area contributed by atoms with Crippen LogP contribution in [0, 0.1) is 0 Å². The molecule has 0 aliphatic carbocycles. The van der Waals surface area contributed by atoms with Crippen LogP contribution in [-0.2, 0) is 4.79 Å². The number of carbonyl (C=O) groups is 1. The first-order chi connectivity index (χ1) is 14.6. The smallest absolute Gasteiger partial charge is 0.230 e. The van der Waals surface area contributed by atoms with Gasteiger partial charge in [0.15, 0.2) is 0 Å². The molecule has 3 rings (SSSR count). The largest absolute Gasteiger partial charge is 0.497 e. The van der Waals surface area contributed by atoms with Gasteiger partial charge in [-0.1, -0.05) is 41.7 Å². The van der Waals surface area contributed by atoms with Crippen molar-refractivity contribution in [3.8, 4) is 11.5 Å². The highest BCUT2D eigenvalue weighted by atomic mass is 32.2. The van der Waals surface area contributed by atoms with Crippen molar-refractivity contribution in [1.29, 1.82) is 0 Å². The maximum absolute atomic E-state index is 12.6. The number of ether oxygens (including phenoxy) is 2. The van der Waals surface area contributed by atoms with Gasteiger partial charge in [-0.3, -0.25) is 4.79 Å². The summed E-state index contributed by atoms with van der Waals surface area (Å²) in [6.45, 7) is 1.92. The summed E-state index contributed by atoms with van der Waals surface area (Å²) in [6, 6.07) is 15.3. The second-order valence-corrected chi connectivity index (χ2v) is 8.29. The fraction of sp³-hybridized carbons (Fsp3) is 0.227. The fourth-order valence-corrected chi connectivity index (χ4v) is 4.49. The number of hydrogen-bond acceptors (Lipinski definition) is 7. The molecule has 6 nitrogen and oxygen atoms in total. The zero-order chi connectivity index (χ0) is 21.3. The topological polar surface area (TPSA) is 73.3 Å². The molecule has 0 radical (unpaired) electrons. The molecule has 0 aliphatic heterocycles. The van der Waals surface area contributed by atoms with Gasteiger partial charge in [-0.05, 0) is 37.3 Å². The standard InChI is InChI=1S/C22H23N3O3S2/c1-15(18-13-16(27-2)9-10-19(18)28-3)25-20(26)14-29-21-22(24-12-11-23-21)30-17-7-5-4-6-8-17/h4-13,15H,14H2,1-3H3,(H,25,26)/t15-/m0/s1. The third-order valence-corrected chi connectivity index (χ3v) is 6.32. The molecule has 1 heterocycles. The van der Waals surface area contributed by atoms with E-state index in [1.54, 1.807) is 26.6 Å². The lowest BCUT2D eigenvalue weighted by Crippen LogP contribution is -2.28. The molecule has 0 fully saturated rings. The average molecular weight is 442 g/mol. The van der Waals surface area contributed by atoms with Crippen LogP contribution in [0.3, 0.4) is 0 Å². The summed E-state index contributed by atoms with van der Waals surface area (Å²) in [5, 5.41) is 4.52. The van der Waals surface area contributed by atoms with Crippen molar-refractivity contribution in [1.82, 2.24) is 15.3 Å². The Kier molecular flexibility index (Phi) is 7.98. The third kappa shape index (κ3) is 5.90. The van der Waals surface area contributed by atoms with E-state index in [2.05, 4.69) is 15.3 Å².